The zero-order chi connectivity index (χ0) is 15.5. The Morgan fingerprint density at radius 1 is 1.29 bits per heavy atom. The molecule has 1 aliphatic rings. The van der Waals surface area contributed by atoms with Gasteiger partial charge in [-0.1, -0.05) is 20.8 Å². The summed E-state index contributed by atoms with van der Waals surface area (Å²) in [5.41, 5.74) is 0.0322. The maximum atomic E-state index is 4.57. The second-order valence-corrected chi connectivity index (χ2v) is 7.89. The first-order valence-electron chi connectivity index (χ1n) is 7.83. The van der Waals surface area contributed by atoms with Gasteiger partial charge in [0.05, 0.1) is 0 Å². The second-order valence-electron chi connectivity index (χ2n) is 7.14. The first-order valence-corrected chi connectivity index (χ1v) is 8.60. The highest BCUT2D eigenvalue weighted by molar-refractivity contribution is 7.09. The van der Waals surface area contributed by atoms with Crippen LogP contribution in [0.3, 0.4) is 0 Å². The van der Waals surface area contributed by atoms with Gasteiger partial charge in [-0.15, -0.1) is 0 Å². The number of likely N-dealkylation sites (tertiary alicyclic amines) is 1. The summed E-state index contributed by atoms with van der Waals surface area (Å²) in [5.74, 6) is 0.932. The summed E-state index contributed by atoms with van der Waals surface area (Å²) in [5, 5.41) is 4.36. The van der Waals surface area contributed by atoms with E-state index in [9.17, 15) is 0 Å². The van der Waals surface area contributed by atoms with Crippen molar-refractivity contribution in [3.05, 3.63) is 5.82 Å². The molecular weight excluding hydrogens is 282 g/mol. The van der Waals surface area contributed by atoms with Gasteiger partial charge < -0.3 is 15.1 Å². The van der Waals surface area contributed by atoms with Gasteiger partial charge in [-0.05, 0) is 40.0 Å². The maximum absolute atomic E-state index is 4.57. The smallest absolute Gasteiger partial charge is 0.202 e. The van der Waals surface area contributed by atoms with Crippen LogP contribution in [0.5, 0.6) is 0 Å². The number of hydrogen-bond acceptors (Lipinski definition) is 6. The molecule has 0 bridgehead atoms. The van der Waals surface area contributed by atoms with Crippen LogP contribution < -0.4 is 5.32 Å². The molecule has 0 amide bonds. The molecule has 21 heavy (non-hydrogen) atoms. The predicted octanol–water partition coefficient (Wildman–Crippen LogP) is 2.27. The highest BCUT2D eigenvalue weighted by Gasteiger charge is 2.21. The summed E-state index contributed by atoms with van der Waals surface area (Å²) < 4.78 is 4.43. The molecule has 5 nitrogen and oxygen atoms in total. The third kappa shape index (κ3) is 4.90. The van der Waals surface area contributed by atoms with Crippen molar-refractivity contribution in [2.45, 2.75) is 45.1 Å². The summed E-state index contributed by atoms with van der Waals surface area (Å²) in [6, 6.07) is 0.756. The lowest BCUT2D eigenvalue weighted by Crippen LogP contribution is -2.43. The van der Waals surface area contributed by atoms with Crippen molar-refractivity contribution in [1.82, 2.24) is 19.2 Å². The van der Waals surface area contributed by atoms with E-state index in [-0.39, 0.29) is 5.41 Å². The van der Waals surface area contributed by atoms with Gasteiger partial charge in [-0.25, -0.2) is 4.98 Å². The van der Waals surface area contributed by atoms with Crippen molar-refractivity contribution in [2.75, 3.05) is 45.6 Å². The van der Waals surface area contributed by atoms with Crippen LogP contribution in [0, 0.1) is 0 Å². The molecule has 2 heterocycles. The molecule has 1 aromatic heterocycles. The van der Waals surface area contributed by atoms with Crippen LogP contribution in [-0.4, -0.2) is 65.5 Å². The minimum absolute atomic E-state index is 0.0322. The van der Waals surface area contributed by atoms with Gasteiger partial charge in [-0.3, -0.25) is 0 Å². The molecule has 1 aliphatic heterocycles. The lowest BCUT2D eigenvalue weighted by atomic mass is 9.96. The minimum atomic E-state index is 0.0322. The van der Waals surface area contributed by atoms with Crippen LogP contribution in [-0.2, 0) is 5.41 Å². The van der Waals surface area contributed by atoms with Gasteiger partial charge in [0.2, 0.25) is 5.13 Å². The molecule has 6 heteroatoms. The fourth-order valence-electron chi connectivity index (χ4n) is 2.58. The Bertz CT molecular complexity index is 430. The van der Waals surface area contributed by atoms with Crippen molar-refractivity contribution in [1.29, 1.82) is 0 Å². The van der Waals surface area contributed by atoms with E-state index in [0.717, 1.165) is 30.1 Å². The number of rotatable bonds is 5. The molecule has 0 spiro atoms. The van der Waals surface area contributed by atoms with Crippen molar-refractivity contribution in [2.24, 2.45) is 0 Å². The fourth-order valence-corrected chi connectivity index (χ4v) is 3.36. The van der Waals surface area contributed by atoms with Crippen LogP contribution in [0.4, 0.5) is 5.13 Å². The Morgan fingerprint density at radius 2 is 1.95 bits per heavy atom. The van der Waals surface area contributed by atoms with Gasteiger partial charge in [0.25, 0.3) is 0 Å². The van der Waals surface area contributed by atoms with Crippen LogP contribution in [0.25, 0.3) is 0 Å². The molecule has 2 rings (SSSR count). The predicted molar refractivity (Wildman–Crippen MR) is 90.2 cm³/mol. The molecular formula is C15H29N5S. The third-order valence-corrected chi connectivity index (χ3v) is 4.76. The SMILES string of the molecule is CN(C)C1CCN(CCNc2nc(C(C)(C)C)ns2)CC1. The second kappa shape index (κ2) is 7.03. The van der Waals surface area contributed by atoms with Gasteiger partial charge >= 0.3 is 0 Å². The quantitative estimate of drug-likeness (QED) is 0.904. The topological polar surface area (TPSA) is 44.3 Å². The van der Waals surface area contributed by atoms with E-state index in [0.29, 0.717) is 0 Å². The van der Waals surface area contributed by atoms with Crippen molar-refractivity contribution in [3.63, 3.8) is 0 Å². The van der Waals surface area contributed by atoms with Crippen LogP contribution in [0.15, 0.2) is 0 Å². The Labute approximate surface area is 132 Å². The van der Waals surface area contributed by atoms with Crippen LogP contribution >= 0.6 is 11.5 Å². The van der Waals surface area contributed by atoms with E-state index in [1.807, 2.05) is 0 Å². The van der Waals surface area contributed by atoms with E-state index in [1.165, 1.54) is 37.5 Å². The Balaban J connectivity index is 1.69. The number of nitrogens with one attached hydrogen (secondary N) is 1. The van der Waals surface area contributed by atoms with Crippen molar-refractivity contribution < 1.29 is 0 Å². The summed E-state index contributed by atoms with van der Waals surface area (Å²) in [6.45, 7) is 10.9. The standard InChI is InChI=1S/C15H29N5S/c1-15(2,3)13-17-14(21-18-13)16-8-11-20-9-6-12(7-10-20)19(4)5/h12H,6-11H2,1-5H3,(H,16,17,18). The largest absolute Gasteiger partial charge is 0.359 e. The molecule has 0 atom stereocenters. The van der Waals surface area contributed by atoms with Crippen LogP contribution in [0.2, 0.25) is 0 Å². The van der Waals surface area contributed by atoms with Crippen LogP contribution in [0.1, 0.15) is 39.4 Å². The van der Waals surface area contributed by atoms with E-state index in [2.05, 4.69) is 59.3 Å². The molecule has 0 saturated carbocycles. The zero-order valence-corrected chi connectivity index (χ0v) is 14.8. The lowest BCUT2D eigenvalue weighted by Gasteiger charge is -2.35. The van der Waals surface area contributed by atoms with E-state index in [1.54, 1.807) is 0 Å². The van der Waals surface area contributed by atoms with E-state index in [4.69, 9.17) is 0 Å². The van der Waals surface area contributed by atoms with Gasteiger partial charge in [0, 0.05) is 36.1 Å². The Kier molecular flexibility index (Phi) is 5.57. The summed E-state index contributed by atoms with van der Waals surface area (Å²) in [6.07, 6.45) is 2.56. The first kappa shape index (κ1) is 16.6. The Hall–Kier alpha value is -0.720. The van der Waals surface area contributed by atoms with Crippen molar-refractivity contribution >= 4 is 16.7 Å². The highest BCUT2D eigenvalue weighted by Crippen LogP contribution is 2.22. The van der Waals surface area contributed by atoms with Gasteiger partial charge in [-0.2, -0.15) is 4.37 Å². The molecule has 1 fully saturated rings. The monoisotopic (exact) mass is 311 g/mol. The Morgan fingerprint density at radius 3 is 2.48 bits per heavy atom. The van der Waals surface area contributed by atoms with E-state index >= 15 is 0 Å². The summed E-state index contributed by atoms with van der Waals surface area (Å²) in [4.78, 5) is 9.46. The molecule has 1 aromatic rings. The molecule has 0 aromatic carbocycles. The number of anilines is 1. The molecule has 0 radical (unpaired) electrons. The van der Waals surface area contributed by atoms with E-state index < -0.39 is 0 Å². The fraction of sp³-hybridized carbons (Fsp3) is 0.867. The number of hydrogen-bond donors (Lipinski definition) is 1. The lowest BCUT2D eigenvalue weighted by molar-refractivity contribution is 0.148. The number of nitrogens with zero attached hydrogens (tertiary/aromatic N) is 4. The summed E-state index contributed by atoms with van der Waals surface area (Å²) >= 11 is 1.47. The third-order valence-electron chi connectivity index (χ3n) is 4.09. The maximum Gasteiger partial charge on any atom is 0.202 e. The molecule has 120 valence electrons. The average Bonchev–Trinajstić information content (AvgIpc) is 2.88. The molecule has 0 unspecified atom stereocenters. The number of aromatic nitrogens is 2. The normalized spacial score (nSPS) is 18.4. The first-order chi connectivity index (χ1) is 9.86. The van der Waals surface area contributed by atoms with Crippen molar-refractivity contribution in [3.8, 4) is 0 Å². The minimum Gasteiger partial charge on any atom is -0.359 e. The molecule has 0 aliphatic carbocycles. The van der Waals surface area contributed by atoms with Gasteiger partial charge in [0.1, 0.15) is 5.82 Å². The number of piperidine rings is 1. The molecule has 1 saturated heterocycles. The van der Waals surface area contributed by atoms with Gasteiger partial charge in [0.15, 0.2) is 0 Å². The summed E-state index contributed by atoms with van der Waals surface area (Å²) in [7, 11) is 4.37. The molecule has 1 N–H and O–H groups in total. The highest BCUT2D eigenvalue weighted by atomic mass is 32.1. The average molecular weight is 311 g/mol. The zero-order valence-electron chi connectivity index (χ0n) is 14.0.